The number of amides is 1. The number of aryl methyl sites for hydroxylation is 1. The van der Waals surface area contributed by atoms with Gasteiger partial charge in [-0.05, 0) is 69.3 Å². The van der Waals surface area contributed by atoms with Crippen LogP contribution >= 0.6 is 0 Å². The van der Waals surface area contributed by atoms with Crippen LogP contribution in [0, 0.1) is 18.8 Å². The molecule has 0 bridgehead atoms. The van der Waals surface area contributed by atoms with E-state index in [9.17, 15) is 4.79 Å². The van der Waals surface area contributed by atoms with Gasteiger partial charge in [-0.3, -0.25) is 9.69 Å². The maximum absolute atomic E-state index is 12.7. The third-order valence-corrected chi connectivity index (χ3v) is 6.49. The Hall–Kier alpha value is -2.47. The summed E-state index contributed by atoms with van der Waals surface area (Å²) < 4.78 is 0. The van der Waals surface area contributed by atoms with Crippen LogP contribution < -0.4 is 10.2 Å². The predicted molar refractivity (Wildman–Crippen MR) is 119 cm³/mol. The molecule has 30 heavy (non-hydrogen) atoms. The van der Waals surface area contributed by atoms with Crippen molar-refractivity contribution in [1.82, 2.24) is 20.4 Å². The first-order valence-electron chi connectivity index (χ1n) is 11.3. The molecular formula is C24H33N5O. The first-order chi connectivity index (χ1) is 14.7. The van der Waals surface area contributed by atoms with Gasteiger partial charge in [0.2, 0.25) is 5.91 Å². The first-order valence-corrected chi connectivity index (χ1v) is 11.3. The molecule has 2 fully saturated rings. The van der Waals surface area contributed by atoms with Gasteiger partial charge in [-0.15, -0.1) is 5.10 Å². The van der Waals surface area contributed by atoms with E-state index in [0.717, 1.165) is 76.5 Å². The van der Waals surface area contributed by atoms with E-state index < -0.39 is 0 Å². The number of hydrogen-bond donors (Lipinski definition) is 1. The molecule has 0 aliphatic carbocycles. The van der Waals surface area contributed by atoms with Crippen molar-refractivity contribution in [3.05, 3.63) is 53.7 Å². The third kappa shape index (κ3) is 5.57. The van der Waals surface area contributed by atoms with Crippen molar-refractivity contribution in [2.45, 2.75) is 39.2 Å². The Labute approximate surface area is 179 Å². The van der Waals surface area contributed by atoms with E-state index in [1.165, 1.54) is 5.56 Å². The van der Waals surface area contributed by atoms with Crippen molar-refractivity contribution in [3.63, 3.8) is 0 Å². The van der Waals surface area contributed by atoms with Crippen molar-refractivity contribution in [2.75, 3.05) is 37.6 Å². The smallest absolute Gasteiger partial charge is 0.223 e. The second-order valence-corrected chi connectivity index (χ2v) is 8.74. The molecule has 0 atom stereocenters. The molecule has 2 aliphatic heterocycles. The number of aromatic nitrogens is 2. The number of benzene rings is 1. The van der Waals surface area contributed by atoms with Crippen LogP contribution in [0.3, 0.4) is 0 Å². The van der Waals surface area contributed by atoms with E-state index >= 15 is 0 Å². The van der Waals surface area contributed by atoms with Gasteiger partial charge in [0, 0.05) is 32.1 Å². The molecule has 6 nitrogen and oxygen atoms in total. The molecule has 1 aromatic heterocycles. The number of piperidine rings is 2. The zero-order valence-corrected chi connectivity index (χ0v) is 18.0. The fraction of sp³-hybridized carbons (Fsp3) is 0.542. The van der Waals surface area contributed by atoms with Crippen LogP contribution in [-0.4, -0.2) is 53.7 Å². The summed E-state index contributed by atoms with van der Waals surface area (Å²) in [6.45, 7) is 7.77. The number of carbonyl (C=O) groups is 1. The van der Waals surface area contributed by atoms with Gasteiger partial charge in [0.1, 0.15) is 0 Å². The van der Waals surface area contributed by atoms with Gasteiger partial charge in [0.15, 0.2) is 5.82 Å². The zero-order chi connectivity index (χ0) is 20.8. The van der Waals surface area contributed by atoms with Crippen LogP contribution in [0.1, 0.15) is 36.9 Å². The minimum atomic E-state index is 0.123. The Kier molecular flexibility index (Phi) is 6.95. The molecule has 4 rings (SSSR count). The van der Waals surface area contributed by atoms with Crippen LogP contribution in [-0.2, 0) is 11.3 Å². The van der Waals surface area contributed by atoms with Crippen molar-refractivity contribution >= 4 is 11.7 Å². The lowest BCUT2D eigenvalue weighted by molar-refractivity contribution is -0.125. The second kappa shape index (κ2) is 10.0. The highest BCUT2D eigenvalue weighted by Crippen LogP contribution is 2.22. The Morgan fingerprint density at radius 2 is 1.70 bits per heavy atom. The van der Waals surface area contributed by atoms with E-state index in [-0.39, 0.29) is 11.8 Å². The Balaban J connectivity index is 1.15. The van der Waals surface area contributed by atoms with Gasteiger partial charge in [0.05, 0.1) is 5.69 Å². The topological polar surface area (TPSA) is 61.4 Å². The Morgan fingerprint density at radius 1 is 0.967 bits per heavy atom. The van der Waals surface area contributed by atoms with Gasteiger partial charge in [-0.1, -0.05) is 30.3 Å². The van der Waals surface area contributed by atoms with E-state index in [4.69, 9.17) is 0 Å². The lowest BCUT2D eigenvalue weighted by Gasteiger charge is -2.33. The van der Waals surface area contributed by atoms with E-state index in [2.05, 4.69) is 55.6 Å². The lowest BCUT2D eigenvalue weighted by atomic mass is 9.94. The normalized spacial score (nSPS) is 19.0. The number of likely N-dealkylation sites (tertiary alicyclic amines) is 1. The molecule has 2 aromatic rings. The first kappa shape index (κ1) is 20.8. The fourth-order valence-electron chi connectivity index (χ4n) is 4.51. The SMILES string of the molecule is Cc1ccc(N2CCC(C(=O)NCC3CCN(Cc4ccccc4)CC3)CC2)nn1. The summed E-state index contributed by atoms with van der Waals surface area (Å²) in [5.41, 5.74) is 2.31. The summed E-state index contributed by atoms with van der Waals surface area (Å²) >= 11 is 0. The van der Waals surface area contributed by atoms with Gasteiger partial charge >= 0.3 is 0 Å². The van der Waals surface area contributed by atoms with Crippen molar-refractivity contribution in [1.29, 1.82) is 0 Å². The molecule has 6 heteroatoms. The highest BCUT2D eigenvalue weighted by molar-refractivity contribution is 5.79. The standard InChI is InChI=1S/C24H33N5O/c1-19-7-8-23(27-26-19)29-15-11-22(12-16-29)24(30)25-17-20-9-13-28(14-10-20)18-21-5-3-2-4-6-21/h2-8,20,22H,9-18H2,1H3,(H,25,30). The maximum atomic E-state index is 12.7. The summed E-state index contributed by atoms with van der Waals surface area (Å²) in [5, 5.41) is 11.7. The zero-order valence-electron chi connectivity index (χ0n) is 18.0. The minimum absolute atomic E-state index is 0.123. The van der Waals surface area contributed by atoms with Gasteiger partial charge in [0.25, 0.3) is 0 Å². The van der Waals surface area contributed by atoms with Gasteiger partial charge < -0.3 is 10.2 Å². The van der Waals surface area contributed by atoms with Crippen LogP contribution in [0.15, 0.2) is 42.5 Å². The molecule has 160 valence electrons. The van der Waals surface area contributed by atoms with Crippen LogP contribution in [0.25, 0.3) is 0 Å². The average Bonchev–Trinajstić information content (AvgIpc) is 2.80. The van der Waals surface area contributed by atoms with Crippen LogP contribution in [0.2, 0.25) is 0 Å². The molecule has 1 N–H and O–H groups in total. The highest BCUT2D eigenvalue weighted by Gasteiger charge is 2.27. The highest BCUT2D eigenvalue weighted by atomic mass is 16.1. The van der Waals surface area contributed by atoms with Crippen molar-refractivity contribution in [2.24, 2.45) is 11.8 Å². The largest absolute Gasteiger partial charge is 0.356 e. The molecule has 0 spiro atoms. The number of nitrogens with zero attached hydrogens (tertiary/aromatic N) is 4. The summed E-state index contributed by atoms with van der Waals surface area (Å²) in [6, 6.07) is 14.7. The fourth-order valence-corrected chi connectivity index (χ4v) is 4.51. The lowest BCUT2D eigenvalue weighted by Crippen LogP contribution is -2.43. The summed E-state index contributed by atoms with van der Waals surface area (Å²) in [7, 11) is 0. The van der Waals surface area contributed by atoms with Gasteiger partial charge in [-0.25, -0.2) is 0 Å². The molecule has 0 radical (unpaired) electrons. The molecule has 1 aromatic carbocycles. The molecule has 2 saturated heterocycles. The number of carbonyl (C=O) groups excluding carboxylic acids is 1. The van der Waals surface area contributed by atoms with E-state index in [0.29, 0.717) is 5.92 Å². The van der Waals surface area contributed by atoms with Crippen LogP contribution in [0.4, 0.5) is 5.82 Å². The molecule has 0 unspecified atom stereocenters. The average molecular weight is 408 g/mol. The molecule has 0 saturated carbocycles. The second-order valence-electron chi connectivity index (χ2n) is 8.74. The summed E-state index contributed by atoms with van der Waals surface area (Å²) in [5.74, 6) is 1.87. The summed E-state index contributed by atoms with van der Waals surface area (Å²) in [6.07, 6.45) is 4.10. The predicted octanol–water partition coefficient (Wildman–Crippen LogP) is 3.03. The van der Waals surface area contributed by atoms with E-state index in [1.54, 1.807) is 0 Å². The van der Waals surface area contributed by atoms with E-state index in [1.807, 2.05) is 19.1 Å². The maximum Gasteiger partial charge on any atom is 0.223 e. The number of anilines is 1. The minimum Gasteiger partial charge on any atom is -0.356 e. The Bertz CT molecular complexity index is 794. The number of hydrogen-bond acceptors (Lipinski definition) is 5. The molecule has 3 heterocycles. The van der Waals surface area contributed by atoms with Crippen molar-refractivity contribution < 1.29 is 4.79 Å². The summed E-state index contributed by atoms with van der Waals surface area (Å²) in [4.78, 5) is 17.4. The Morgan fingerprint density at radius 3 is 2.37 bits per heavy atom. The number of rotatable bonds is 6. The quantitative estimate of drug-likeness (QED) is 0.798. The van der Waals surface area contributed by atoms with Crippen molar-refractivity contribution in [3.8, 4) is 0 Å². The molecular weight excluding hydrogens is 374 g/mol. The molecule has 1 amide bonds. The number of nitrogens with one attached hydrogen (secondary N) is 1. The third-order valence-electron chi connectivity index (χ3n) is 6.49. The molecule has 2 aliphatic rings. The van der Waals surface area contributed by atoms with Crippen LogP contribution in [0.5, 0.6) is 0 Å². The van der Waals surface area contributed by atoms with Gasteiger partial charge in [-0.2, -0.15) is 5.10 Å². The monoisotopic (exact) mass is 407 g/mol.